The number of nitrogens with two attached hydrogens (primary N) is 1. The average molecular weight is 153 g/mol. The van der Waals surface area contributed by atoms with Crippen LogP contribution in [-0.2, 0) is 0 Å². The van der Waals surface area contributed by atoms with Crippen LogP contribution in [0.25, 0.3) is 0 Å². The molecule has 1 rings (SSSR count). The van der Waals surface area contributed by atoms with Crippen LogP contribution in [0.3, 0.4) is 0 Å². The lowest BCUT2D eigenvalue weighted by atomic mass is 10.4. The largest absolute Gasteiger partial charge is 0.244 e. The first kappa shape index (κ1) is 7.78. The Labute approximate surface area is 63.4 Å². The second-order valence-corrected chi connectivity index (χ2v) is 3.68. The van der Waals surface area contributed by atoms with E-state index >= 15 is 0 Å². The summed E-state index contributed by atoms with van der Waals surface area (Å²) < 4.78 is 0. The van der Waals surface area contributed by atoms with E-state index in [0.717, 1.165) is 0 Å². The molecule has 1 unspecified atom stereocenters. The number of rotatable bonds is 1. The van der Waals surface area contributed by atoms with Gasteiger partial charge in [0.1, 0.15) is 7.57 Å². The third kappa shape index (κ3) is 1.83. The van der Waals surface area contributed by atoms with Crippen LogP contribution in [0, 0.1) is 0 Å². The zero-order valence-electron chi connectivity index (χ0n) is 5.41. The van der Waals surface area contributed by atoms with Crippen molar-refractivity contribution in [3.8, 4) is 0 Å². The zero-order chi connectivity index (χ0) is 7.61. The minimum absolute atomic E-state index is 0.297. The van der Waals surface area contributed by atoms with E-state index in [1.165, 1.54) is 5.30 Å². The van der Waals surface area contributed by atoms with Crippen molar-refractivity contribution >= 4 is 20.2 Å². The molecule has 1 aromatic rings. The molecule has 1 atom stereocenters. The van der Waals surface area contributed by atoms with E-state index in [4.69, 9.17) is 5.50 Å². The van der Waals surface area contributed by atoms with Gasteiger partial charge < -0.3 is 0 Å². The van der Waals surface area contributed by atoms with Gasteiger partial charge in [-0.15, -0.1) is 0 Å². The maximum atomic E-state index is 6.08. The van der Waals surface area contributed by atoms with Gasteiger partial charge in [-0.3, -0.25) is 0 Å². The molecule has 3 heteroatoms. The average Bonchev–Trinajstić information content (AvgIpc) is 1.88. The van der Waals surface area contributed by atoms with Gasteiger partial charge in [0.05, 0.1) is 5.30 Å². The van der Waals surface area contributed by atoms with Gasteiger partial charge in [-0.25, -0.2) is 5.50 Å². The lowest BCUT2D eigenvalue weighted by Crippen LogP contribution is -2.16. The van der Waals surface area contributed by atoms with Gasteiger partial charge in [0, 0.05) is 6.66 Å². The van der Waals surface area contributed by atoms with Gasteiger partial charge >= 0.3 is 0 Å². The SMILES string of the molecule is [BH3-][P+](C)(N)c1ccccc1. The molecule has 0 fully saturated rings. The third-order valence-corrected chi connectivity index (χ3v) is 2.28. The Morgan fingerprint density at radius 3 is 2.10 bits per heavy atom. The highest BCUT2D eigenvalue weighted by molar-refractivity contribution is 8.00. The molecule has 2 N–H and O–H groups in total. The lowest BCUT2D eigenvalue weighted by molar-refractivity contribution is 1.75. The molecule has 0 heterocycles. The van der Waals surface area contributed by atoms with Crippen LogP contribution in [0.5, 0.6) is 0 Å². The summed E-state index contributed by atoms with van der Waals surface area (Å²) >= 11 is 0. The van der Waals surface area contributed by atoms with Crippen molar-refractivity contribution in [2.24, 2.45) is 5.50 Å². The number of benzene rings is 1. The van der Waals surface area contributed by atoms with E-state index < -0.39 is 7.29 Å². The monoisotopic (exact) mass is 153 g/mol. The summed E-state index contributed by atoms with van der Waals surface area (Å²) in [6.45, 7) is 2.22. The highest BCUT2D eigenvalue weighted by Gasteiger charge is 2.13. The summed E-state index contributed by atoms with van der Waals surface area (Å²) in [6, 6.07) is 10.5. The highest BCUT2D eigenvalue weighted by Crippen LogP contribution is 2.37. The van der Waals surface area contributed by atoms with Crippen molar-refractivity contribution in [1.29, 1.82) is 0 Å². The number of hydrogen-bond acceptors (Lipinski definition) is 1. The van der Waals surface area contributed by atoms with E-state index in [1.807, 2.05) is 6.07 Å². The van der Waals surface area contributed by atoms with Gasteiger partial charge in [-0.05, 0) is 12.1 Å². The van der Waals surface area contributed by atoms with Gasteiger partial charge in [-0.2, -0.15) is 0 Å². The molecule has 0 spiro atoms. The molecule has 1 aromatic carbocycles. The lowest BCUT2D eigenvalue weighted by Gasteiger charge is -2.16. The summed E-state index contributed by atoms with van der Waals surface area (Å²) in [5.41, 5.74) is 6.08. The topological polar surface area (TPSA) is 26.0 Å². The normalized spacial score (nSPS) is 16.3. The fraction of sp³-hybridized carbons (Fsp3) is 0.143. The fourth-order valence-corrected chi connectivity index (χ4v) is 1.31. The highest BCUT2D eigenvalue weighted by atomic mass is 31.2. The molecule has 1 nitrogen and oxygen atoms in total. The Bertz CT molecular complexity index is 205. The molecule has 0 aromatic heterocycles. The molecule has 0 radical (unpaired) electrons. The van der Waals surface area contributed by atoms with Gasteiger partial charge in [0.2, 0.25) is 0 Å². The van der Waals surface area contributed by atoms with Gasteiger partial charge in [0.25, 0.3) is 0 Å². The first-order valence-corrected chi connectivity index (χ1v) is 4.70. The van der Waals surface area contributed by atoms with Crippen molar-refractivity contribution in [2.75, 3.05) is 6.66 Å². The van der Waals surface area contributed by atoms with E-state index in [2.05, 4.69) is 30.9 Å². The van der Waals surface area contributed by atoms with Crippen LogP contribution in [0.2, 0.25) is 0 Å². The van der Waals surface area contributed by atoms with Crippen LogP contribution in [0.4, 0.5) is 0 Å². The molecule has 0 amide bonds. The maximum absolute atomic E-state index is 6.08. The predicted octanol–water partition coefficient (Wildman–Crippen LogP) is 0.113. The molecule has 0 saturated carbocycles. The molecule has 0 aliphatic rings. The molecular weight excluding hydrogens is 140 g/mol. The summed E-state index contributed by atoms with van der Waals surface area (Å²) in [6.07, 6.45) is 0. The van der Waals surface area contributed by atoms with E-state index in [1.54, 1.807) is 0 Å². The van der Waals surface area contributed by atoms with Gasteiger partial charge in [0.15, 0.2) is 0 Å². The summed E-state index contributed by atoms with van der Waals surface area (Å²) in [5, 5.41) is 1.40. The van der Waals surface area contributed by atoms with Crippen molar-refractivity contribution in [3.63, 3.8) is 0 Å². The van der Waals surface area contributed by atoms with Crippen LogP contribution in [0.1, 0.15) is 0 Å². The molecule has 0 saturated heterocycles. The van der Waals surface area contributed by atoms with Crippen molar-refractivity contribution in [2.45, 2.75) is 0 Å². The van der Waals surface area contributed by atoms with Gasteiger partial charge in [-0.1, -0.05) is 25.5 Å². The Balaban J connectivity index is 2.97. The molecule has 10 heavy (non-hydrogen) atoms. The van der Waals surface area contributed by atoms with Crippen LogP contribution in [-0.4, -0.2) is 14.2 Å². The quantitative estimate of drug-likeness (QED) is 0.449. The summed E-state index contributed by atoms with van der Waals surface area (Å²) in [7, 11) is -0.721. The molecule has 0 aliphatic heterocycles. The standard InChI is InChI=1S/C7H13BNP/c1-10(8,9)7-5-3-2-4-6-7/h2-6H,9H2,1,8H3. The second kappa shape index (κ2) is 2.73. The summed E-state index contributed by atoms with van der Waals surface area (Å²) in [4.78, 5) is 0. The third-order valence-electron chi connectivity index (χ3n) is 1.16. The molecule has 0 bridgehead atoms. The number of hydrogen-bond donors (Lipinski definition) is 1. The molecule has 54 valence electrons. The molecular formula is C7H13BNP. The molecule has 0 aliphatic carbocycles. The Morgan fingerprint density at radius 2 is 1.80 bits per heavy atom. The first-order valence-electron chi connectivity index (χ1n) is 2.84. The van der Waals surface area contributed by atoms with Crippen molar-refractivity contribution in [1.82, 2.24) is 0 Å². The Morgan fingerprint density at radius 1 is 1.30 bits per heavy atom. The van der Waals surface area contributed by atoms with E-state index in [-0.39, 0.29) is 0 Å². The van der Waals surface area contributed by atoms with E-state index in [9.17, 15) is 0 Å². The second-order valence-electron chi connectivity index (χ2n) is 1.95. The fourth-order valence-electron chi connectivity index (χ4n) is 0.663. The zero-order valence-corrected chi connectivity index (χ0v) is 6.31. The predicted molar refractivity (Wildman–Crippen MR) is 53.0 cm³/mol. The Hall–Kier alpha value is -0.325. The van der Waals surface area contributed by atoms with E-state index in [0.29, 0.717) is 7.57 Å². The minimum Gasteiger partial charge on any atom is -0.244 e. The first-order chi connectivity index (χ1) is 4.61. The smallest absolute Gasteiger partial charge is 0.150 e. The van der Waals surface area contributed by atoms with Crippen LogP contribution >= 0.6 is 7.29 Å². The van der Waals surface area contributed by atoms with Crippen molar-refractivity contribution < 1.29 is 0 Å². The maximum Gasteiger partial charge on any atom is 0.150 e. The Kier molecular flexibility index (Phi) is 2.13. The summed E-state index contributed by atoms with van der Waals surface area (Å²) in [5.74, 6) is 0. The minimum atomic E-state index is -1.02. The van der Waals surface area contributed by atoms with Crippen molar-refractivity contribution in [3.05, 3.63) is 30.3 Å². The van der Waals surface area contributed by atoms with Crippen LogP contribution < -0.4 is 10.8 Å². The van der Waals surface area contributed by atoms with Crippen LogP contribution in [0.15, 0.2) is 30.3 Å².